The Labute approximate surface area is 189 Å². The number of hydrogen-bond acceptors (Lipinski definition) is 4. The molecule has 9 heteroatoms. The number of nitrogens with zero attached hydrogens (tertiary/aromatic N) is 4. The molecule has 2 aromatic heterocycles. The summed E-state index contributed by atoms with van der Waals surface area (Å²) in [5, 5.41) is 12.0. The zero-order valence-corrected chi connectivity index (χ0v) is 18.4. The number of benzene rings is 2. The average Bonchev–Trinajstić information content (AvgIpc) is 3.42. The number of aromatic nitrogens is 3. The summed E-state index contributed by atoms with van der Waals surface area (Å²) in [6.45, 7) is 2.09. The van der Waals surface area contributed by atoms with Crippen LogP contribution in [0.2, 0.25) is 10.0 Å². The zero-order valence-electron chi connectivity index (χ0n) is 16.8. The summed E-state index contributed by atoms with van der Waals surface area (Å²) >= 11 is 12.7. The Morgan fingerprint density at radius 2 is 1.84 bits per heavy atom. The third-order valence-corrected chi connectivity index (χ3v) is 5.45. The molecule has 0 aliphatic carbocycles. The topological polar surface area (TPSA) is 76.2 Å². The van der Waals surface area contributed by atoms with Crippen molar-refractivity contribution >= 4 is 34.9 Å². The maximum Gasteiger partial charge on any atom is 0.322 e. The first-order valence-corrected chi connectivity index (χ1v) is 10.2. The second-order valence-corrected chi connectivity index (χ2v) is 7.68. The molecule has 0 atom stereocenters. The number of anilines is 1. The van der Waals surface area contributed by atoms with Crippen molar-refractivity contribution in [3.63, 3.8) is 0 Å². The number of aryl methyl sites for hydroxylation is 1. The molecule has 4 rings (SSSR count). The molecule has 1 N–H and O–H groups in total. The predicted octanol–water partition coefficient (Wildman–Crippen LogP) is 5.49. The molecular weight excluding hydrogens is 437 g/mol. The Morgan fingerprint density at radius 1 is 1.13 bits per heavy atom. The molecular formula is C22H19Cl2N5O2. The average molecular weight is 456 g/mol. The molecule has 158 valence electrons. The van der Waals surface area contributed by atoms with E-state index in [1.165, 1.54) is 4.90 Å². The Kier molecular flexibility index (Phi) is 5.97. The lowest BCUT2D eigenvalue weighted by Crippen LogP contribution is -2.37. The molecule has 0 unspecified atom stereocenters. The first kappa shape index (κ1) is 21.0. The van der Waals surface area contributed by atoms with Gasteiger partial charge in [0.05, 0.1) is 15.7 Å². The molecule has 0 aliphatic heterocycles. The fraction of sp³-hybridized carbons (Fsp3) is 0.136. The van der Waals surface area contributed by atoms with Gasteiger partial charge in [0.25, 0.3) is 0 Å². The van der Waals surface area contributed by atoms with Crippen molar-refractivity contribution in [2.45, 2.75) is 13.5 Å². The molecule has 0 spiro atoms. The molecule has 2 heterocycles. The van der Waals surface area contributed by atoms with Gasteiger partial charge in [-0.3, -0.25) is 4.90 Å². The van der Waals surface area contributed by atoms with Gasteiger partial charge < -0.3 is 9.84 Å². The minimum atomic E-state index is -0.313. The van der Waals surface area contributed by atoms with E-state index in [0.717, 1.165) is 11.3 Å². The SMILES string of the molecule is Cc1onc(-c2c(Cl)cccc2Cl)c1N(C)C(=O)NCc1ccc(-n2cccn2)cc1. The second kappa shape index (κ2) is 8.83. The van der Waals surface area contributed by atoms with Crippen molar-refractivity contribution in [3.8, 4) is 16.9 Å². The predicted molar refractivity (Wildman–Crippen MR) is 121 cm³/mol. The van der Waals surface area contributed by atoms with Crippen LogP contribution in [0, 0.1) is 6.92 Å². The third kappa shape index (κ3) is 4.28. The number of amides is 2. The minimum absolute atomic E-state index is 0.313. The number of halogens is 2. The van der Waals surface area contributed by atoms with Crippen LogP contribution < -0.4 is 10.2 Å². The maximum absolute atomic E-state index is 12.8. The molecule has 0 fully saturated rings. The molecule has 0 aliphatic rings. The summed E-state index contributed by atoms with van der Waals surface area (Å²) in [6.07, 6.45) is 3.59. The van der Waals surface area contributed by atoms with Crippen molar-refractivity contribution in [2.24, 2.45) is 0 Å². The number of rotatable bonds is 5. The van der Waals surface area contributed by atoms with Crippen molar-refractivity contribution in [1.82, 2.24) is 20.3 Å². The lowest BCUT2D eigenvalue weighted by Gasteiger charge is -2.19. The van der Waals surface area contributed by atoms with E-state index in [1.54, 1.807) is 43.0 Å². The summed E-state index contributed by atoms with van der Waals surface area (Å²) in [4.78, 5) is 14.3. The van der Waals surface area contributed by atoms with E-state index in [2.05, 4.69) is 15.6 Å². The van der Waals surface area contributed by atoms with E-state index in [9.17, 15) is 4.79 Å². The van der Waals surface area contributed by atoms with Crippen LogP contribution in [0.25, 0.3) is 16.9 Å². The van der Waals surface area contributed by atoms with Gasteiger partial charge in [0.15, 0.2) is 5.76 Å². The van der Waals surface area contributed by atoms with Crippen LogP contribution >= 0.6 is 23.2 Å². The van der Waals surface area contributed by atoms with Crippen LogP contribution in [0.3, 0.4) is 0 Å². The van der Waals surface area contributed by atoms with E-state index in [0.29, 0.717) is 39.3 Å². The van der Waals surface area contributed by atoms with Crippen LogP contribution in [0.5, 0.6) is 0 Å². The summed E-state index contributed by atoms with van der Waals surface area (Å²) in [7, 11) is 1.64. The highest BCUT2D eigenvalue weighted by molar-refractivity contribution is 6.39. The number of urea groups is 1. The molecule has 31 heavy (non-hydrogen) atoms. The number of nitrogens with one attached hydrogen (secondary N) is 1. The number of hydrogen-bond donors (Lipinski definition) is 1. The fourth-order valence-electron chi connectivity index (χ4n) is 3.24. The van der Waals surface area contributed by atoms with Gasteiger partial charge in [0.2, 0.25) is 0 Å². The van der Waals surface area contributed by atoms with Crippen LogP contribution in [0.1, 0.15) is 11.3 Å². The second-order valence-electron chi connectivity index (χ2n) is 6.87. The van der Waals surface area contributed by atoms with Gasteiger partial charge in [-0.1, -0.05) is 46.6 Å². The zero-order chi connectivity index (χ0) is 22.0. The van der Waals surface area contributed by atoms with Crippen molar-refractivity contribution in [2.75, 3.05) is 11.9 Å². The van der Waals surface area contributed by atoms with E-state index in [4.69, 9.17) is 27.7 Å². The molecule has 4 aromatic rings. The van der Waals surface area contributed by atoms with Crippen molar-refractivity contribution in [1.29, 1.82) is 0 Å². The van der Waals surface area contributed by atoms with E-state index in [-0.39, 0.29) is 6.03 Å². The van der Waals surface area contributed by atoms with Crippen LogP contribution in [-0.4, -0.2) is 28.0 Å². The number of carbonyl (C=O) groups is 1. The first-order valence-electron chi connectivity index (χ1n) is 9.47. The smallest absolute Gasteiger partial charge is 0.322 e. The summed E-state index contributed by atoms with van der Waals surface area (Å²) in [5.74, 6) is 0.479. The maximum atomic E-state index is 12.8. The molecule has 2 aromatic carbocycles. The van der Waals surface area contributed by atoms with E-state index in [1.807, 2.05) is 36.5 Å². The lowest BCUT2D eigenvalue weighted by molar-refractivity contribution is 0.247. The fourth-order valence-corrected chi connectivity index (χ4v) is 3.81. The first-order chi connectivity index (χ1) is 15.0. The number of carbonyl (C=O) groups excluding carboxylic acids is 1. The van der Waals surface area contributed by atoms with Crippen molar-refractivity contribution in [3.05, 3.63) is 82.3 Å². The van der Waals surface area contributed by atoms with Crippen molar-refractivity contribution < 1.29 is 9.32 Å². The van der Waals surface area contributed by atoms with E-state index >= 15 is 0 Å². The molecule has 0 saturated heterocycles. The Hall–Kier alpha value is -3.29. The monoisotopic (exact) mass is 455 g/mol. The van der Waals surface area contributed by atoms with Gasteiger partial charge in [-0.15, -0.1) is 0 Å². The quantitative estimate of drug-likeness (QED) is 0.431. The largest absolute Gasteiger partial charge is 0.359 e. The van der Waals surface area contributed by atoms with Gasteiger partial charge in [0, 0.05) is 31.5 Å². The van der Waals surface area contributed by atoms with Gasteiger partial charge in [-0.25, -0.2) is 9.48 Å². The molecule has 0 saturated carbocycles. The highest BCUT2D eigenvalue weighted by atomic mass is 35.5. The highest BCUT2D eigenvalue weighted by Gasteiger charge is 2.25. The lowest BCUT2D eigenvalue weighted by atomic mass is 10.1. The Balaban J connectivity index is 1.50. The van der Waals surface area contributed by atoms with Gasteiger partial charge in [-0.05, 0) is 42.8 Å². The minimum Gasteiger partial charge on any atom is -0.359 e. The normalized spacial score (nSPS) is 10.8. The third-order valence-electron chi connectivity index (χ3n) is 4.82. The molecule has 2 amide bonds. The van der Waals surface area contributed by atoms with Crippen LogP contribution in [-0.2, 0) is 6.54 Å². The van der Waals surface area contributed by atoms with E-state index < -0.39 is 0 Å². The summed E-state index contributed by atoms with van der Waals surface area (Å²) in [6, 6.07) is 14.5. The Morgan fingerprint density at radius 3 is 2.48 bits per heavy atom. The molecule has 7 nitrogen and oxygen atoms in total. The molecule has 0 radical (unpaired) electrons. The van der Waals surface area contributed by atoms with Crippen LogP contribution in [0.15, 0.2) is 65.4 Å². The van der Waals surface area contributed by atoms with Gasteiger partial charge >= 0.3 is 6.03 Å². The van der Waals surface area contributed by atoms with Gasteiger partial charge in [-0.2, -0.15) is 5.10 Å². The van der Waals surface area contributed by atoms with Crippen LogP contribution in [0.4, 0.5) is 10.5 Å². The molecule has 0 bridgehead atoms. The summed E-state index contributed by atoms with van der Waals surface area (Å²) in [5.41, 5.74) is 3.33. The Bertz CT molecular complexity index is 1180. The summed E-state index contributed by atoms with van der Waals surface area (Å²) < 4.78 is 7.12. The van der Waals surface area contributed by atoms with Gasteiger partial charge in [0.1, 0.15) is 11.4 Å². The standard InChI is InChI=1S/C22H19Cl2N5O2/c1-14-21(20(27-31-14)19-17(23)5-3-6-18(19)24)28(2)22(30)25-13-15-7-9-16(10-8-15)29-12-4-11-26-29/h3-12H,13H2,1-2H3,(H,25,30). The highest BCUT2D eigenvalue weighted by Crippen LogP contribution is 2.40.